The molecule has 2 aromatic heterocycles. The van der Waals surface area contributed by atoms with E-state index >= 15 is 0 Å². The summed E-state index contributed by atoms with van der Waals surface area (Å²) in [6.07, 6.45) is 5.27. The fraction of sp³-hybridized carbons (Fsp3) is 0.667. The van der Waals surface area contributed by atoms with E-state index in [1.54, 1.807) is 11.3 Å². The smallest absolute Gasteiger partial charge is 0.195 e. The minimum Gasteiger partial charge on any atom is -0.353 e. The van der Waals surface area contributed by atoms with Crippen LogP contribution in [0.15, 0.2) is 11.6 Å². The van der Waals surface area contributed by atoms with Crippen LogP contribution in [-0.2, 0) is 6.42 Å². The van der Waals surface area contributed by atoms with Crippen molar-refractivity contribution in [2.24, 2.45) is 5.73 Å². The van der Waals surface area contributed by atoms with Gasteiger partial charge in [-0.1, -0.05) is 13.8 Å². The van der Waals surface area contributed by atoms with Gasteiger partial charge in [-0.15, -0.1) is 11.3 Å². The largest absolute Gasteiger partial charge is 0.353 e. The van der Waals surface area contributed by atoms with E-state index in [0.717, 1.165) is 36.1 Å². The fourth-order valence-electron chi connectivity index (χ4n) is 2.82. The van der Waals surface area contributed by atoms with Crippen LogP contribution in [0.5, 0.6) is 0 Å². The lowest BCUT2D eigenvalue weighted by molar-refractivity contribution is 0.629. The van der Waals surface area contributed by atoms with Crippen LogP contribution < -0.4 is 10.6 Å². The topological polar surface area (TPSA) is 46.6 Å². The number of thioether (sulfide) groups is 1. The van der Waals surface area contributed by atoms with Gasteiger partial charge >= 0.3 is 0 Å². The monoisotopic (exact) mass is 324 g/mol. The summed E-state index contributed by atoms with van der Waals surface area (Å²) >= 11 is 3.80. The molecule has 0 radical (unpaired) electrons. The molecule has 4 nitrogen and oxygen atoms in total. The van der Waals surface area contributed by atoms with Gasteiger partial charge in [0, 0.05) is 48.1 Å². The number of thiazole rings is 1. The summed E-state index contributed by atoms with van der Waals surface area (Å²) in [5.41, 5.74) is 7.51. The van der Waals surface area contributed by atoms with E-state index in [1.807, 2.05) is 0 Å². The maximum Gasteiger partial charge on any atom is 0.195 e. The van der Waals surface area contributed by atoms with E-state index in [9.17, 15) is 0 Å². The summed E-state index contributed by atoms with van der Waals surface area (Å²) < 4.78 is 2.23. The molecule has 2 aromatic rings. The Balaban J connectivity index is 1.93. The Kier molecular flexibility index (Phi) is 4.76. The summed E-state index contributed by atoms with van der Waals surface area (Å²) in [6, 6.07) is 0.213. The number of fused-ring (bicyclic) bond motifs is 1. The van der Waals surface area contributed by atoms with E-state index in [-0.39, 0.29) is 6.04 Å². The molecule has 0 spiro atoms. The highest BCUT2D eigenvalue weighted by Crippen LogP contribution is 2.30. The van der Waals surface area contributed by atoms with Crippen LogP contribution in [-0.4, -0.2) is 39.5 Å². The Bertz CT molecular complexity index is 592. The molecule has 0 aliphatic carbocycles. The van der Waals surface area contributed by atoms with E-state index in [0.29, 0.717) is 0 Å². The normalized spacial score (nSPS) is 21.1. The van der Waals surface area contributed by atoms with Gasteiger partial charge < -0.3 is 10.6 Å². The minimum absolute atomic E-state index is 0.213. The Morgan fingerprint density at radius 3 is 3.10 bits per heavy atom. The lowest BCUT2D eigenvalue weighted by Crippen LogP contribution is -2.38. The standard InChI is InChI=1S/C15H24N4S2/c1-3-11(16)9-13-14(17-15-19(13)6-8-21-15)18-5-7-20-12(4-2)10-18/h6,8,11-12H,3-5,7,9-10,16H2,1-2H3. The summed E-state index contributed by atoms with van der Waals surface area (Å²) in [4.78, 5) is 8.46. The maximum atomic E-state index is 6.22. The minimum atomic E-state index is 0.213. The number of aromatic nitrogens is 2. The third kappa shape index (κ3) is 3.07. The Morgan fingerprint density at radius 1 is 1.48 bits per heavy atom. The molecule has 0 aromatic carbocycles. The molecular weight excluding hydrogens is 300 g/mol. The zero-order chi connectivity index (χ0) is 14.8. The van der Waals surface area contributed by atoms with Crippen LogP contribution in [0.2, 0.25) is 0 Å². The molecule has 1 fully saturated rings. The number of rotatable bonds is 5. The first-order valence-electron chi connectivity index (χ1n) is 7.79. The van der Waals surface area contributed by atoms with Crippen molar-refractivity contribution in [3.63, 3.8) is 0 Å². The molecule has 1 saturated heterocycles. The maximum absolute atomic E-state index is 6.22. The van der Waals surface area contributed by atoms with Crippen molar-refractivity contribution in [1.82, 2.24) is 9.38 Å². The Morgan fingerprint density at radius 2 is 2.33 bits per heavy atom. The second-order valence-electron chi connectivity index (χ2n) is 5.66. The molecule has 0 saturated carbocycles. The van der Waals surface area contributed by atoms with Crippen LogP contribution in [0.25, 0.3) is 4.96 Å². The van der Waals surface area contributed by atoms with Crippen molar-refractivity contribution in [3.05, 3.63) is 17.3 Å². The number of imidazole rings is 1. The van der Waals surface area contributed by atoms with E-state index < -0.39 is 0 Å². The first-order valence-corrected chi connectivity index (χ1v) is 9.72. The molecule has 21 heavy (non-hydrogen) atoms. The quantitative estimate of drug-likeness (QED) is 0.918. The Hall–Kier alpha value is -0.720. The molecule has 0 bridgehead atoms. The fourth-order valence-corrected chi connectivity index (χ4v) is 4.72. The van der Waals surface area contributed by atoms with Crippen molar-refractivity contribution in [2.75, 3.05) is 23.7 Å². The van der Waals surface area contributed by atoms with Crippen molar-refractivity contribution >= 4 is 33.9 Å². The average molecular weight is 325 g/mol. The molecule has 0 amide bonds. The first-order chi connectivity index (χ1) is 10.2. The van der Waals surface area contributed by atoms with Gasteiger partial charge in [0.15, 0.2) is 10.8 Å². The number of hydrogen-bond acceptors (Lipinski definition) is 5. The molecule has 6 heteroatoms. The van der Waals surface area contributed by atoms with E-state index in [1.165, 1.54) is 23.7 Å². The molecule has 1 aliphatic heterocycles. The van der Waals surface area contributed by atoms with Crippen LogP contribution in [0, 0.1) is 0 Å². The van der Waals surface area contributed by atoms with Crippen molar-refractivity contribution in [3.8, 4) is 0 Å². The molecule has 2 atom stereocenters. The van der Waals surface area contributed by atoms with Crippen molar-refractivity contribution in [2.45, 2.75) is 44.4 Å². The molecule has 2 unspecified atom stereocenters. The van der Waals surface area contributed by atoms with Gasteiger partial charge in [-0.2, -0.15) is 11.8 Å². The predicted molar refractivity (Wildman–Crippen MR) is 93.8 cm³/mol. The lowest BCUT2D eigenvalue weighted by atomic mass is 10.1. The number of nitrogens with zero attached hydrogens (tertiary/aromatic N) is 3. The molecule has 2 N–H and O–H groups in total. The summed E-state index contributed by atoms with van der Waals surface area (Å²) in [5.74, 6) is 2.37. The SMILES string of the molecule is CCC(N)Cc1c(N2CCSC(CC)C2)nc2sccn12. The third-order valence-electron chi connectivity index (χ3n) is 4.21. The number of hydrogen-bond donors (Lipinski definition) is 1. The summed E-state index contributed by atoms with van der Waals surface area (Å²) in [6.45, 7) is 6.64. The number of anilines is 1. The molecule has 1 aliphatic rings. The van der Waals surface area contributed by atoms with Gasteiger partial charge in [-0.05, 0) is 12.8 Å². The van der Waals surface area contributed by atoms with Crippen LogP contribution >= 0.6 is 23.1 Å². The summed E-state index contributed by atoms with van der Waals surface area (Å²) in [7, 11) is 0. The highest BCUT2D eigenvalue weighted by Gasteiger charge is 2.25. The zero-order valence-corrected chi connectivity index (χ0v) is 14.4. The Labute approximate surface area is 134 Å². The molecule has 3 rings (SSSR count). The highest BCUT2D eigenvalue weighted by molar-refractivity contribution is 8.00. The van der Waals surface area contributed by atoms with Crippen molar-refractivity contribution in [1.29, 1.82) is 0 Å². The van der Waals surface area contributed by atoms with Crippen LogP contribution in [0.4, 0.5) is 5.82 Å². The predicted octanol–water partition coefficient (Wildman–Crippen LogP) is 3.01. The van der Waals surface area contributed by atoms with Gasteiger partial charge in [0.25, 0.3) is 0 Å². The van der Waals surface area contributed by atoms with E-state index in [4.69, 9.17) is 10.7 Å². The summed E-state index contributed by atoms with van der Waals surface area (Å²) in [5, 5.41) is 2.83. The number of nitrogens with two attached hydrogens (primary N) is 1. The van der Waals surface area contributed by atoms with Crippen LogP contribution in [0.1, 0.15) is 32.4 Å². The first kappa shape index (κ1) is 15.2. The molecular formula is C15H24N4S2. The molecule has 116 valence electrons. The van der Waals surface area contributed by atoms with Gasteiger partial charge in [0.2, 0.25) is 0 Å². The van der Waals surface area contributed by atoms with Gasteiger partial charge in [-0.25, -0.2) is 4.98 Å². The van der Waals surface area contributed by atoms with Gasteiger partial charge in [0.05, 0.1) is 5.69 Å². The van der Waals surface area contributed by atoms with Gasteiger partial charge in [0.1, 0.15) is 0 Å². The lowest BCUT2D eigenvalue weighted by Gasteiger charge is -2.33. The average Bonchev–Trinajstić information content (AvgIpc) is 3.09. The van der Waals surface area contributed by atoms with Gasteiger partial charge in [-0.3, -0.25) is 4.40 Å². The van der Waals surface area contributed by atoms with Crippen molar-refractivity contribution < 1.29 is 0 Å². The molecule has 3 heterocycles. The second-order valence-corrected chi connectivity index (χ2v) is 7.94. The highest BCUT2D eigenvalue weighted by atomic mass is 32.2. The zero-order valence-electron chi connectivity index (χ0n) is 12.8. The second kappa shape index (κ2) is 6.58. The van der Waals surface area contributed by atoms with Crippen LogP contribution in [0.3, 0.4) is 0 Å². The van der Waals surface area contributed by atoms with E-state index in [2.05, 4.69) is 46.5 Å². The third-order valence-corrected chi connectivity index (χ3v) is 6.34.